The topological polar surface area (TPSA) is 73.2 Å². The van der Waals surface area contributed by atoms with Crippen molar-refractivity contribution >= 4 is 29.1 Å². The van der Waals surface area contributed by atoms with Crippen molar-refractivity contribution in [3.05, 3.63) is 80.8 Å². The van der Waals surface area contributed by atoms with E-state index in [1.807, 2.05) is 31.2 Å². The van der Waals surface area contributed by atoms with E-state index in [-0.39, 0.29) is 29.6 Å². The number of rotatable bonds is 7. The molecule has 29 heavy (non-hydrogen) atoms. The predicted octanol–water partition coefficient (Wildman–Crippen LogP) is 4.05. The molecule has 0 saturated carbocycles. The smallest absolute Gasteiger partial charge is 0.253 e. The van der Waals surface area contributed by atoms with Crippen LogP contribution in [0.15, 0.2) is 59.7 Å². The van der Waals surface area contributed by atoms with Gasteiger partial charge < -0.3 is 10.1 Å². The quantitative estimate of drug-likeness (QED) is 0.612. The molecule has 1 heterocycles. The third kappa shape index (κ3) is 5.37. The summed E-state index contributed by atoms with van der Waals surface area (Å²) < 4.78 is 6.85. The van der Waals surface area contributed by atoms with Crippen LogP contribution in [0.25, 0.3) is 11.3 Å². The Labute approximate surface area is 178 Å². The highest BCUT2D eigenvalue weighted by molar-refractivity contribution is 6.36. The summed E-state index contributed by atoms with van der Waals surface area (Å²) in [4.78, 5) is 28.9. The lowest BCUT2D eigenvalue weighted by Gasteiger charge is -2.09. The van der Waals surface area contributed by atoms with Crippen molar-refractivity contribution < 1.29 is 9.53 Å². The number of ether oxygens (including phenoxy) is 1. The van der Waals surface area contributed by atoms with Crippen molar-refractivity contribution in [2.24, 2.45) is 0 Å². The molecule has 0 unspecified atom stereocenters. The zero-order chi connectivity index (χ0) is 20.8. The average Bonchev–Trinajstić information content (AvgIpc) is 2.70. The third-order valence-corrected chi connectivity index (χ3v) is 4.70. The highest BCUT2D eigenvalue weighted by Crippen LogP contribution is 2.21. The summed E-state index contributed by atoms with van der Waals surface area (Å²) in [6.45, 7) is 3.05. The summed E-state index contributed by atoms with van der Waals surface area (Å²) in [7, 11) is 0. The molecule has 0 aliphatic rings. The number of nitrogens with one attached hydrogen (secondary N) is 1. The minimum atomic E-state index is -0.335. The zero-order valence-electron chi connectivity index (χ0n) is 15.7. The summed E-state index contributed by atoms with van der Waals surface area (Å²) in [5, 5.41) is 3.46. The number of nitrogens with zero attached hydrogens (tertiary/aromatic N) is 2. The van der Waals surface area contributed by atoms with E-state index in [0.717, 1.165) is 11.3 Å². The van der Waals surface area contributed by atoms with E-state index in [1.54, 1.807) is 12.1 Å². The zero-order valence-corrected chi connectivity index (χ0v) is 17.2. The normalized spacial score (nSPS) is 10.6. The Kier molecular flexibility index (Phi) is 6.90. The van der Waals surface area contributed by atoms with Crippen molar-refractivity contribution in [2.45, 2.75) is 13.5 Å². The lowest BCUT2D eigenvalue weighted by atomic mass is 10.1. The van der Waals surface area contributed by atoms with Crippen LogP contribution in [0.5, 0.6) is 5.75 Å². The van der Waals surface area contributed by atoms with Crippen LogP contribution < -0.4 is 15.6 Å². The van der Waals surface area contributed by atoms with Crippen LogP contribution in [0.2, 0.25) is 10.0 Å². The summed E-state index contributed by atoms with van der Waals surface area (Å²) in [6.07, 6.45) is 1.47. The molecule has 0 atom stereocenters. The first-order valence-corrected chi connectivity index (χ1v) is 9.76. The minimum absolute atomic E-state index is 0.206. The monoisotopic (exact) mass is 431 g/mol. The molecule has 1 N–H and O–H groups in total. The summed E-state index contributed by atoms with van der Waals surface area (Å²) in [5.41, 5.74) is 1.52. The second-order valence-electron chi connectivity index (χ2n) is 6.14. The van der Waals surface area contributed by atoms with Crippen molar-refractivity contribution in [3.8, 4) is 17.0 Å². The van der Waals surface area contributed by atoms with Gasteiger partial charge in [0, 0.05) is 29.7 Å². The molecule has 0 aliphatic heterocycles. The SMILES string of the molecule is CCOc1ccc(-c2cc(=O)n(CCNC(=O)c3ccc(Cl)cc3Cl)cn2)cc1. The molecule has 1 amide bonds. The summed E-state index contributed by atoms with van der Waals surface area (Å²) >= 11 is 11.9. The lowest BCUT2D eigenvalue weighted by Crippen LogP contribution is -2.31. The molecule has 2 aromatic carbocycles. The van der Waals surface area contributed by atoms with Crippen LogP contribution in [-0.4, -0.2) is 28.6 Å². The first-order chi connectivity index (χ1) is 14.0. The fourth-order valence-corrected chi connectivity index (χ4v) is 3.19. The first kappa shape index (κ1) is 20.9. The highest BCUT2D eigenvalue weighted by Gasteiger charge is 2.10. The number of amides is 1. The van der Waals surface area contributed by atoms with Gasteiger partial charge in [-0.1, -0.05) is 23.2 Å². The van der Waals surface area contributed by atoms with Crippen LogP contribution in [0.3, 0.4) is 0 Å². The molecule has 8 heteroatoms. The Balaban J connectivity index is 1.62. The van der Waals surface area contributed by atoms with E-state index in [1.165, 1.54) is 23.0 Å². The molecule has 0 aliphatic carbocycles. The second-order valence-corrected chi connectivity index (χ2v) is 6.99. The van der Waals surface area contributed by atoms with Gasteiger partial charge in [0.1, 0.15) is 5.75 Å². The van der Waals surface area contributed by atoms with E-state index in [4.69, 9.17) is 27.9 Å². The van der Waals surface area contributed by atoms with Crippen LogP contribution in [-0.2, 0) is 6.54 Å². The van der Waals surface area contributed by atoms with Gasteiger partial charge in [-0.05, 0) is 49.4 Å². The molecule has 0 radical (unpaired) electrons. The highest BCUT2D eigenvalue weighted by atomic mass is 35.5. The standard InChI is InChI=1S/C21H19Cl2N3O3/c1-2-29-16-6-3-14(4-7-16)19-12-20(27)26(13-25-19)10-9-24-21(28)17-8-5-15(22)11-18(17)23/h3-8,11-13H,2,9-10H2,1H3,(H,24,28). The predicted molar refractivity (Wildman–Crippen MR) is 114 cm³/mol. The van der Waals surface area contributed by atoms with Crippen molar-refractivity contribution in [1.82, 2.24) is 14.9 Å². The molecule has 0 spiro atoms. The molecule has 0 bridgehead atoms. The number of aromatic nitrogens is 2. The van der Waals surface area contributed by atoms with Crippen LogP contribution >= 0.6 is 23.2 Å². The molecule has 3 aromatic rings. The number of benzene rings is 2. The largest absolute Gasteiger partial charge is 0.494 e. The number of carbonyl (C=O) groups is 1. The second kappa shape index (κ2) is 9.58. The van der Waals surface area contributed by atoms with Gasteiger partial charge in [-0.15, -0.1) is 0 Å². The number of carbonyl (C=O) groups excluding carboxylic acids is 1. The third-order valence-electron chi connectivity index (χ3n) is 4.15. The van der Waals surface area contributed by atoms with Crippen molar-refractivity contribution in [1.29, 1.82) is 0 Å². The van der Waals surface area contributed by atoms with Crippen LogP contribution in [0, 0.1) is 0 Å². The summed E-state index contributed by atoms with van der Waals surface area (Å²) in [6, 6.07) is 13.5. The average molecular weight is 432 g/mol. The Morgan fingerprint density at radius 2 is 1.90 bits per heavy atom. The van der Waals surface area contributed by atoms with Gasteiger partial charge in [0.05, 0.1) is 29.2 Å². The van der Waals surface area contributed by atoms with Gasteiger partial charge in [0.15, 0.2) is 0 Å². The van der Waals surface area contributed by atoms with Crippen LogP contribution in [0.4, 0.5) is 0 Å². The maximum Gasteiger partial charge on any atom is 0.253 e. The van der Waals surface area contributed by atoms with E-state index >= 15 is 0 Å². The van der Waals surface area contributed by atoms with Crippen LogP contribution in [0.1, 0.15) is 17.3 Å². The van der Waals surface area contributed by atoms with E-state index in [9.17, 15) is 9.59 Å². The molecular weight excluding hydrogens is 413 g/mol. The fourth-order valence-electron chi connectivity index (χ4n) is 2.70. The lowest BCUT2D eigenvalue weighted by molar-refractivity contribution is 0.0952. The van der Waals surface area contributed by atoms with E-state index in [0.29, 0.717) is 22.9 Å². The Hall–Kier alpha value is -2.83. The molecule has 0 saturated heterocycles. The fraction of sp³-hybridized carbons (Fsp3) is 0.190. The van der Waals surface area contributed by atoms with E-state index in [2.05, 4.69) is 10.3 Å². The van der Waals surface area contributed by atoms with E-state index < -0.39 is 0 Å². The molecule has 0 fully saturated rings. The van der Waals surface area contributed by atoms with Gasteiger partial charge in [-0.3, -0.25) is 14.2 Å². The molecule has 3 rings (SSSR count). The first-order valence-electron chi connectivity index (χ1n) is 9.01. The number of hydrogen-bond donors (Lipinski definition) is 1. The van der Waals surface area contributed by atoms with Gasteiger partial charge in [0.2, 0.25) is 0 Å². The Morgan fingerprint density at radius 1 is 1.14 bits per heavy atom. The molecule has 6 nitrogen and oxygen atoms in total. The van der Waals surface area contributed by atoms with Gasteiger partial charge in [0.25, 0.3) is 11.5 Å². The number of hydrogen-bond acceptors (Lipinski definition) is 4. The van der Waals surface area contributed by atoms with Crippen molar-refractivity contribution in [3.63, 3.8) is 0 Å². The number of halogens is 2. The van der Waals surface area contributed by atoms with Gasteiger partial charge in [-0.2, -0.15) is 0 Å². The Bertz CT molecular complexity index is 1070. The van der Waals surface area contributed by atoms with Gasteiger partial charge in [-0.25, -0.2) is 4.98 Å². The maximum absolute atomic E-state index is 12.4. The maximum atomic E-state index is 12.4. The summed E-state index contributed by atoms with van der Waals surface area (Å²) in [5.74, 6) is 0.430. The molecular formula is C21H19Cl2N3O3. The molecule has 150 valence electrons. The minimum Gasteiger partial charge on any atom is -0.494 e. The van der Waals surface area contributed by atoms with Crippen molar-refractivity contribution in [2.75, 3.05) is 13.2 Å². The Morgan fingerprint density at radius 3 is 2.55 bits per heavy atom. The molecule has 1 aromatic heterocycles. The van der Waals surface area contributed by atoms with Gasteiger partial charge >= 0.3 is 0 Å².